The van der Waals surface area contributed by atoms with Gasteiger partial charge < -0.3 is 16.3 Å². The van der Waals surface area contributed by atoms with Crippen LogP contribution in [0, 0.1) is 11.2 Å². The Hall–Kier alpha value is -1.62. The minimum absolute atomic E-state index is 0.0951. The molecule has 0 aromatic heterocycles. The molecule has 0 saturated heterocycles. The van der Waals surface area contributed by atoms with E-state index in [1.165, 1.54) is 12.1 Å². The highest BCUT2D eigenvalue weighted by Crippen LogP contribution is 2.22. The Bertz CT molecular complexity index is 460. The molecular formula is C15H24FN3O. The highest BCUT2D eigenvalue weighted by molar-refractivity contribution is 5.85. The Morgan fingerprint density at radius 1 is 1.50 bits per heavy atom. The van der Waals surface area contributed by atoms with E-state index in [4.69, 9.17) is 10.9 Å². The lowest BCUT2D eigenvalue weighted by Crippen LogP contribution is -2.32. The van der Waals surface area contributed by atoms with Gasteiger partial charge in [0.2, 0.25) is 0 Å². The number of hydrogen-bond donors (Lipinski definition) is 3. The van der Waals surface area contributed by atoms with Gasteiger partial charge in [-0.25, -0.2) is 4.39 Å². The third kappa shape index (κ3) is 4.81. The quantitative estimate of drug-likeness (QED) is 0.236. The Kier molecular flexibility index (Phi) is 5.95. The van der Waals surface area contributed by atoms with Gasteiger partial charge in [0.15, 0.2) is 0 Å². The molecule has 0 aliphatic carbocycles. The van der Waals surface area contributed by atoms with E-state index >= 15 is 0 Å². The van der Waals surface area contributed by atoms with Crippen molar-refractivity contribution in [2.45, 2.75) is 39.7 Å². The first-order valence-corrected chi connectivity index (χ1v) is 6.83. The van der Waals surface area contributed by atoms with Crippen LogP contribution in [0.1, 0.15) is 45.2 Å². The Morgan fingerprint density at radius 2 is 2.20 bits per heavy atom. The van der Waals surface area contributed by atoms with E-state index in [9.17, 15) is 4.39 Å². The summed E-state index contributed by atoms with van der Waals surface area (Å²) in [6, 6.07) is 6.69. The van der Waals surface area contributed by atoms with Crippen molar-refractivity contribution in [2.24, 2.45) is 16.3 Å². The monoisotopic (exact) mass is 281 g/mol. The highest BCUT2D eigenvalue weighted by Gasteiger charge is 2.22. The second kappa shape index (κ2) is 7.24. The lowest BCUT2D eigenvalue weighted by molar-refractivity contribution is 0.304. The third-order valence-electron chi connectivity index (χ3n) is 3.58. The zero-order valence-corrected chi connectivity index (χ0v) is 12.4. The molecule has 1 aromatic carbocycles. The highest BCUT2D eigenvalue weighted by atomic mass is 19.1. The van der Waals surface area contributed by atoms with Crippen LogP contribution in [0.15, 0.2) is 29.4 Å². The molecular weight excluding hydrogens is 257 g/mol. The van der Waals surface area contributed by atoms with Crippen LogP contribution in [0.3, 0.4) is 0 Å². The number of nitrogens with zero attached hydrogens (tertiary/aromatic N) is 1. The van der Waals surface area contributed by atoms with Crippen LogP contribution in [-0.2, 0) is 0 Å². The molecule has 0 unspecified atom stereocenters. The fraction of sp³-hybridized carbons (Fsp3) is 0.533. The normalized spacial score (nSPS) is 14.3. The van der Waals surface area contributed by atoms with E-state index in [1.807, 2.05) is 26.8 Å². The van der Waals surface area contributed by atoms with Gasteiger partial charge >= 0.3 is 0 Å². The first-order valence-electron chi connectivity index (χ1n) is 6.83. The van der Waals surface area contributed by atoms with Crippen LogP contribution in [0.4, 0.5) is 4.39 Å². The van der Waals surface area contributed by atoms with Crippen LogP contribution < -0.4 is 11.1 Å². The predicted molar refractivity (Wildman–Crippen MR) is 79.2 cm³/mol. The zero-order chi connectivity index (χ0) is 15.2. The Morgan fingerprint density at radius 3 is 2.80 bits per heavy atom. The zero-order valence-electron chi connectivity index (χ0n) is 12.4. The van der Waals surface area contributed by atoms with Gasteiger partial charge in [-0.15, -0.1) is 0 Å². The minimum atomic E-state index is -0.321. The topological polar surface area (TPSA) is 70.6 Å². The van der Waals surface area contributed by atoms with Gasteiger partial charge in [0.05, 0.1) is 0 Å². The van der Waals surface area contributed by atoms with Crippen molar-refractivity contribution in [2.75, 3.05) is 6.54 Å². The van der Waals surface area contributed by atoms with E-state index in [2.05, 4.69) is 10.5 Å². The summed E-state index contributed by atoms with van der Waals surface area (Å²) in [7, 11) is 0. The lowest BCUT2D eigenvalue weighted by Gasteiger charge is -2.23. The van der Waals surface area contributed by atoms with Gasteiger partial charge in [-0.3, -0.25) is 0 Å². The molecule has 0 spiro atoms. The van der Waals surface area contributed by atoms with Crippen LogP contribution in [0.2, 0.25) is 0 Å². The molecule has 112 valence electrons. The predicted octanol–water partition coefficient (Wildman–Crippen LogP) is 3.03. The van der Waals surface area contributed by atoms with E-state index in [-0.39, 0.29) is 23.1 Å². The summed E-state index contributed by atoms with van der Waals surface area (Å²) in [4.78, 5) is 0. The van der Waals surface area contributed by atoms with Gasteiger partial charge in [0.25, 0.3) is 0 Å². The second-order valence-corrected chi connectivity index (χ2v) is 5.70. The molecule has 0 aliphatic rings. The molecule has 0 radical (unpaired) electrons. The number of oxime groups is 1. The average molecular weight is 281 g/mol. The van der Waals surface area contributed by atoms with Gasteiger partial charge in [0.1, 0.15) is 11.7 Å². The van der Waals surface area contributed by atoms with Gasteiger partial charge in [-0.2, -0.15) is 0 Å². The summed E-state index contributed by atoms with van der Waals surface area (Å²) in [6.45, 7) is 6.68. The van der Waals surface area contributed by atoms with Gasteiger partial charge in [-0.05, 0) is 44.0 Å². The molecule has 0 heterocycles. The maximum absolute atomic E-state index is 13.1. The number of amidine groups is 1. The van der Waals surface area contributed by atoms with Gasteiger partial charge in [0, 0.05) is 11.5 Å². The molecule has 1 atom stereocenters. The summed E-state index contributed by atoms with van der Waals surface area (Å²) < 4.78 is 13.1. The summed E-state index contributed by atoms with van der Waals surface area (Å²) in [5.74, 6) is 0.0277. The van der Waals surface area contributed by atoms with Crippen molar-refractivity contribution in [1.29, 1.82) is 0 Å². The molecule has 0 bridgehead atoms. The van der Waals surface area contributed by atoms with Crippen LogP contribution >= 0.6 is 0 Å². The molecule has 0 fully saturated rings. The first-order chi connectivity index (χ1) is 9.36. The molecule has 1 aromatic rings. The molecule has 20 heavy (non-hydrogen) atoms. The van der Waals surface area contributed by atoms with E-state index in [1.54, 1.807) is 6.07 Å². The number of benzene rings is 1. The smallest absolute Gasteiger partial charge is 0.144 e. The van der Waals surface area contributed by atoms with Crippen LogP contribution in [0.25, 0.3) is 0 Å². The molecule has 5 heteroatoms. The van der Waals surface area contributed by atoms with Gasteiger partial charge in [-0.1, -0.05) is 31.1 Å². The van der Waals surface area contributed by atoms with Crippen molar-refractivity contribution in [1.82, 2.24) is 5.32 Å². The number of hydrogen-bond acceptors (Lipinski definition) is 3. The van der Waals surface area contributed by atoms with E-state index in [0.717, 1.165) is 24.9 Å². The van der Waals surface area contributed by atoms with Crippen molar-refractivity contribution >= 4 is 5.84 Å². The molecule has 4 N–H and O–H groups in total. The Balaban J connectivity index is 2.38. The van der Waals surface area contributed by atoms with E-state index in [0.29, 0.717) is 0 Å². The van der Waals surface area contributed by atoms with Crippen molar-refractivity contribution in [3.63, 3.8) is 0 Å². The number of nitrogens with one attached hydrogen (secondary N) is 1. The second-order valence-electron chi connectivity index (χ2n) is 5.70. The lowest BCUT2D eigenvalue weighted by atomic mass is 9.86. The fourth-order valence-electron chi connectivity index (χ4n) is 2.01. The van der Waals surface area contributed by atoms with Crippen molar-refractivity contribution in [3.05, 3.63) is 35.6 Å². The maximum atomic E-state index is 13.1. The number of nitrogens with two attached hydrogens (primary N) is 1. The number of halogens is 1. The number of rotatable bonds is 7. The largest absolute Gasteiger partial charge is 0.409 e. The average Bonchev–Trinajstić information content (AvgIpc) is 2.42. The minimum Gasteiger partial charge on any atom is -0.409 e. The maximum Gasteiger partial charge on any atom is 0.144 e. The fourth-order valence-corrected chi connectivity index (χ4v) is 2.01. The molecule has 1 rings (SSSR count). The summed E-state index contributed by atoms with van der Waals surface area (Å²) in [5, 5.41) is 15.1. The molecule has 0 saturated carbocycles. The van der Waals surface area contributed by atoms with Crippen molar-refractivity contribution < 1.29 is 9.60 Å². The summed E-state index contributed by atoms with van der Waals surface area (Å²) in [5.41, 5.74) is 6.25. The first kappa shape index (κ1) is 16.4. The van der Waals surface area contributed by atoms with Crippen LogP contribution in [0.5, 0.6) is 0 Å². The summed E-state index contributed by atoms with van der Waals surface area (Å²) >= 11 is 0. The molecule has 4 nitrogen and oxygen atoms in total. The Labute approximate surface area is 119 Å². The molecule has 0 aliphatic heterocycles. The molecule has 0 amide bonds. The summed E-state index contributed by atoms with van der Waals surface area (Å²) in [6.07, 6.45) is 1.70. The SMILES string of the molecule is C[C@@H](NCCCC(C)(C)/C(N)=N/O)c1cccc(F)c1. The van der Waals surface area contributed by atoms with E-state index < -0.39 is 0 Å². The van der Waals surface area contributed by atoms with Crippen molar-refractivity contribution in [3.8, 4) is 0 Å². The third-order valence-corrected chi connectivity index (χ3v) is 3.58. The van der Waals surface area contributed by atoms with Crippen LogP contribution in [-0.4, -0.2) is 17.6 Å². The standard InChI is InChI=1S/C15H24FN3O/c1-11(12-6-4-7-13(16)10-12)18-9-5-8-15(2,3)14(17)19-20/h4,6-7,10-11,18,20H,5,8-9H2,1-3H3,(H2,17,19)/t11-/m1/s1.